The Morgan fingerprint density at radius 3 is 2.74 bits per heavy atom. The average molecular weight is 262 g/mol. The molecule has 2 nitrogen and oxygen atoms in total. The van der Waals surface area contributed by atoms with Gasteiger partial charge in [0.2, 0.25) is 0 Å². The van der Waals surface area contributed by atoms with Crippen molar-refractivity contribution in [3.63, 3.8) is 0 Å². The van der Waals surface area contributed by atoms with Crippen molar-refractivity contribution in [3.05, 3.63) is 22.8 Å². The molecule has 2 aliphatic carbocycles. The Kier molecular flexibility index (Phi) is 4.49. The number of carbonyl (C=O) groups is 1. The molecule has 0 heterocycles. The lowest BCUT2D eigenvalue weighted by molar-refractivity contribution is -0.139. The van der Waals surface area contributed by atoms with E-state index in [1.165, 1.54) is 38.2 Å². The van der Waals surface area contributed by atoms with Crippen molar-refractivity contribution in [2.75, 3.05) is 6.61 Å². The Bertz CT molecular complexity index is 417. The summed E-state index contributed by atoms with van der Waals surface area (Å²) in [5, 5.41) is 0. The molecule has 0 aromatic heterocycles. The first-order valence-electron chi connectivity index (χ1n) is 7.49. The summed E-state index contributed by atoms with van der Waals surface area (Å²) in [7, 11) is 0. The predicted molar refractivity (Wildman–Crippen MR) is 77.7 cm³/mol. The molecule has 0 radical (unpaired) electrons. The minimum atomic E-state index is -0.195. The Hall–Kier alpha value is -1.05. The van der Waals surface area contributed by atoms with Crippen LogP contribution in [0.2, 0.25) is 0 Å². The first-order chi connectivity index (χ1) is 8.99. The van der Waals surface area contributed by atoms with Crippen molar-refractivity contribution in [3.8, 4) is 0 Å². The molecule has 0 aromatic rings. The van der Waals surface area contributed by atoms with Gasteiger partial charge in [0.1, 0.15) is 6.61 Å². The van der Waals surface area contributed by atoms with Crippen molar-refractivity contribution in [2.24, 2.45) is 17.8 Å². The summed E-state index contributed by atoms with van der Waals surface area (Å²) in [5.41, 5.74) is 4.49. The van der Waals surface area contributed by atoms with E-state index in [-0.39, 0.29) is 5.97 Å². The maximum Gasteiger partial charge on any atom is 0.302 e. The number of hydrogen-bond donors (Lipinski definition) is 0. The Labute approximate surface area is 116 Å². The van der Waals surface area contributed by atoms with Crippen LogP contribution in [-0.4, -0.2) is 12.6 Å². The molecule has 0 amide bonds. The quantitative estimate of drug-likeness (QED) is 0.561. The van der Waals surface area contributed by atoms with Crippen LogP contribution >= 0.6 is 0 Å². The molecule has 3 atom stereocenters. The van der Waals surface area contributed by atoms with Crippen LogP contribution in [0.5, 0.6) is 0 Å². The number of hydrogen-bond acceptors (Lipinski definition) is 2. The van der Waals surface area contributed by atoms with E-state index in [1.807, 2.05) is 0 Å². The van der Waals surface area contributed by atoms with Gasteiger partial charge in [0.25, 0.3) is 0 Å². The molecule has 106 valence electrons. The minimum Gasteiger partial charge on any atom is -0.461 e. The van der Waals surface area contributed by atoms with Gasteiger partial charge in [-0.1, -0.05) is 24.1 Å². The zero-order valence-corrected chi connectivity index (χ0v) is 12.7. The normalized spacial score (nSPS) is 31.4. The zero-order chi connectivity index (χ0) is 14.0. The summed E-state index contributed by atoms with van der Waals surface area (Å²) in [5.74, 6) is 2.03. The second-order valence-electron chi connectivity index (χ2n) is 6.34. The molecule has 2 rings (SSSR count). The van der Waals surface area contributed by atoms with Gasteiger partial charge in [0, 0.05) is 6.92 Å². The molecule has 19 heavy (non-hydrogen) atoms. The van der Waals surface area contributed by atoms with Gasteiger partial charge in [-0.05, 0) is 62.9 Å². The molecule has 1 unspecified atom stereocenters. The first kappa shape index (κ1) is 14.4. The number of fused-ring (bicyclic) bond motifs is 1. The van der Waals surface area contributed by atoms with E-state index in [1.54, 1.807) is 11.1 Å². The lowest BCUT2D eigenvalue weighted by atomic mass is 9.71. The van der Waals surface area contributed by atoms with E-state index in [2.05, 4.69) is 26.8 Å². The third-order valence-electron chi connectivity index (χ3n) is 4.73. The van der Waals surface area contributed by atoms with Gasteiger partial charge >= 0.3 is 5.97 Å². The maximum atomic E-state index is 10.9. The summed E-state index contributed by atoms with van der Waals surface area (Å²) in [4.78, 5) is 10.9. The smallest absolute Gasteiger partial charge is 0.302 e. The van der Waals surface area contributed by atoms with Gasteiger partial charge in [-0.15, -0.1) is 0 Å². The highest BCUT2D eigenvalue weighted by atomic mass is 16.5. The molecule has 2 aliphatic rings. The third-order valence-corrected chi connectivity index (χ3v) is 4.73. The van der Waals surface area contributed by atoms with Gasteiger partial charge in [0.15, 0.2) is 0 Å². The van der Waals surface area contributed by atoms with Crippen LogP contribution in [0.15, 0.2) is 22.8 Å². The van der Waals surface area contributed by atoms with E-state index >= 15 is 0 Å². The van der Waals surface area contributed by atoms with Crippen molar-refractivity contribution in [1.82, 2.24) is 0 Å². The van der Waals surface area contributed by atoms with Crippen LogP contribution < -0.4 is 0 Å². The van der Waals surface area contributed by atoms with Crippen LogP contribution in [0, 0.1) is 17.8 Å². The van der Waals surface area contributed by atoms with Crippen molar-refractivity contribution in [1.29, 1.82) is 0 Å². The molecule has 0 aromatic carbocycles. The first-order valence-corrected chi connectivity index (χ1v) is 7.49. The van der Waals surface area contributed by atoms with Crippen LogP contribution in [0.1, 0.15) is 53.4 Å². The minimum absolute atomic E-state index is 0.195. The van der Waals surface area contributed by atoms with E-state index in [0.717, 1.165) is 11.8 Å². The number of rotatable bonds is 3. The van der Waals surface area contributed by atoms with Crippen molar-refractivity contribution >= 4 is 5.97 Å². The lowest BCUT2D eigenvalue weighted by Gasteiger charge is -2.34. The highest BCUT2D eigenvalue weighted by Gasteiger charge is 2.35. The fraction of sp³-hybridized carbons (Fsp3) is 0.706. The van der Waals surface area contributed by atoms with Crippen molar-refractivity contribution in [2.45, 2.75) is 53.4 Å². The molecule has 0 aliphatic heterocycles. The summed E-state index contributed by atoms with van der Waals surface area (Å²) in [6, 6.07) is 0. The molecule has 2 heteroatoms. The lowest BCUT2D eigenvalue weighted by Crippen LogP contribution is -2.23. The molecule has 1 fully saturated rings. The molecule has 1 saturated carbocycles. The molecule has 0 bridgehead atoms. The third kappa shape index (κ3) is 3.29. The van der Waals surface area contributed by atoms with Crippen LogP contribution in [-0.2, 0) is 9.53 Å². The van der Waals surface area contributed by atoms with Gasteiger partial charge in [-0.25, -0.2) is 0 Å². The van der Waals surface area contributed by atoms with E-state index < -0.39 is 0 Å². The zero-order valence-electron chi connectivity index (χ0n) is 12.7. The molecule has 0 spiro atoms. The summed E-state index contributed by atoms with van der Waals surface area (Å²) in [6.07, 6.45) is 7.53. The summed E-state index contributed by atoms with van der Waals surface area (Å²) < 4.78 is 5.08. The van der Waals surface area contributed by atoms with E-state index in [4.69, 9.17) is 4.74 Å². The van der Waals surface area contributed by atoms with Gasteiger partial charge < -0.3 is 4.74 Å². The fourth-order valence-corrected chi connectivity index (χ4v) is 3.75. The number of carbonyl (C=O) groups excluding carboxylic acids is 1. The highest BCUT2D eigenvalue weighted by molar-refractivity contribution is 5.66. The maximum absolute atomic E-state index is 10.9. The Morgan fingerprint density at radius 2 is 2.05 bits per heavy atom. The topological polar surface area (TPSA) is 26.3 Å². The van der Waals surface area contributed by atoms with E-state index in [9.17, 15) is 4.79 Å². The summed E-state index contributed by atoms with van der Waals surface area (Å²) in [6.45, 7) is 8.68. The molecule has 0 saturated heterocycles. The molecule has 0 N–H and O–H groups in total. The SMILES string of the molecule is CC(=O)OC/C(C)=C/[C@H]1CC[C@H](C)C2CCC(C)=C21. The number of allylic oxidation sites excluding steroid dienone is 3. The standard InChI is InChI=1S/C17H26O2/c1-11(10-19-14(4)18)9-15-7-5-12(2)16-8-6-13(3)17(15)16/h9,12,15-16H,5-8,10H2,1-4H3/b11-9+/t12-,15+,16?/m0/s1. The van der Waals surface area contributed by atoms with Crippen LogP contribution in [0.3, 0.4) is 0 Å². The fourth-order valence-electron chi connectivity index (χ4n) is 3.75. The molecular formula is C17H26O2. The Morgan fingerprint density at radius 1 is 1.32 bits per heavy atom. The average Bonchev–Trinajstić information content (AvgIpc) is 2.74. The summed E-state index contributed by atoms with van der Waals surface area (Å²) >= 11 is 0. The van der Waals surface area contributed by atoms with Crippen LogP contribution in [0.4, 0.5) is 0 Å². The highest BCUT2D eigenvalue weighted by Crippen LogP contribution is 2.48. The second-order valence-corrected chi connectivity index (χ2v) is 6.34. The molecular weight excluding hydrogens is 236 g/mol. The number of esters is 1. The number of ether oxygens (including phenoxy) is 1. The monoisotopic (exact) mass is 262 g/mol. The van der Waals surface area contributed by atoms with Crippen molar-refractivity contribution < 1.29 is 9.53 Å². The van der Waals surface area contributed by atoms with Crippen LogP contribution in [0.25, 0.3) is 0 Å². The second kappa shape index (κ2) is 5.94. The van der Waals surface area contributed by atoms with E-state index in [0.29, 0.717) is 12.5 Å². The largest absolute Gasteiger partial charge is 0.461 e. The van der Waals surface area contributed by atoms with Gasteiger partial charge in [-0.3, -0.25) is 4.79 Å². The van der Waals surface area contributed by atoms with Gasteiger partial charge in [-0.2, -0.15) is 0 Å². The Balaban J connectivity index is 2.09. The predicted octanol–water partition coefficient (Wildman–Crippen LogP) is 4.27. The van der Waals surface area contributed by atoms with Gasteiger partial charge in [0.05, 0.1) is 0 Å².